The van der Waals surface area contributed by atoms with Crippen LogP contribution in [0.5, 0.6) is 0 Å². The van der Waals surface area contributed by atoms with Crippen LogP contribution in [0.2, 0.25) is 0 Å². The fourth-order valence-electron chi connectivity index (χ4n) is 3.34. The highest BCUT2D eigenvalue weighted by Crippen LogP contribution is 2.38. The van der Waals surface area contributed by atoms with Crippen LogP contribution < -0.4 is 0 Å². The lowest BCUT2D eigenvalue weighted by Crippen LogP contribution is -2.45. The first-order valence-corrected chi connectivity index (χ1v) is 7.99. The van der Waals surface area contributed by atoms with Gasteiger partial charge in [0, 0.05) is 11.7 Å². The average Bonchev–Trinajstić information content (AvgIpc) is 2.68. The molecule has 4 nitrogen and oxygen atoms in total. The fraction of sp³-hybridized carbons (Fsp3) is 0.556. The zero-order valence-corrected chi connectivity index (χ0v) is 13.8. The van der Waals surface area contributed by atoms with E-state index in [1.165, 1.54) is 5.57 Å². The van der Waals surface area contributed by atoms with Crippen LogP contribution in [-0.4, -0.2) is 33.7 Å². The lowest BCUT2D eigenvalue weighted by atomic mass is 9.98. The minimum atomic E-state index is -0.446. The molecule has 1 fully saturated rings. The van der Waals surface area contributed by atoms with E-state index < -0.39 is 5.60 Å². The molecule has 1 aromatic rings. The Morgan fingerprint density at radius 1 is 1.32 bits per heavy atom. The molecule has 1 aromatic heterocycles. The highest BCUT2D eigenvalue weighted by Gasteiger charge is 2.41. The van der Waals surface area contributed by atoms with E-state index in [0.29, 0.717) is 0 Å². The third kappa shape index (κ3) is 3.01. The van der Waals surface area contributed by atoms with E-state index in [1.807, 2.05) is 44.7 Å². The summed E-state index contributed by atoms with van der Waals surface area (Å²) >= 11 is 0. The van der Waals surface area contributed by atoms with Gasteiger partial charge < -0.3 is 4.74 Å². The number of nitrogens with zero attached hydrogens (tertiary/aromatic N) is 2. The van der Waals surface area contributed by atoms with Gasteiger partial charge in [-0.2, -0.15) is 0 Å². The van der Waals surface area contributed by atoms with Crippen molar-refractivity contribution < 1.29 is 9.53 Å². The number of carbonyl (C=O) groups excluding carboxylic acids is 1. The molecule has 3 heterocycles. The molecule has 2 aliphatic rings. The normalized spacial score (nSPS) is 24.2. The first-order valence-electron chi connectivity index (χ1n) is 7.99. The number of aryl methyl sites for hydroxylation is 1. The van der Waals surface area contributed by atoms with Crippen LogP contribution >= 0.6 is 0 Å². The molecule has 22 heavy (non-hydrogen) atoms. The largest absolute Gasteiger partial charge is 0.444 e. The van der Waals surface area contributed by atoms with Gasteiger partial charge >= 0.3 is 6.09 Å². The summed E-state index contributed by atoms with van der Waals surface area (Å²) in [5.74, 6) is 0. The maximum Gasteiger partial charge on any atom is 0.411 e. The second-order valence-corrected chi connectivity index (χ2v) is 7.25. The molecule has 0 spiro atoms. The molecule has 2 aliphatic heterocycles. The Labute approximate surface area is 132 Å². The summed E-state index contributed by atoms with van der Waals surface area (Å²) in [6.45, 7) is 7.74. The van der Waals surface area contributed by atoms with Crippen LogP contribution in [0.4, 0.5) is 4.79 Å². The zero-order valence-electron chi connectivity index (χ0n) is 13.8. The fourth-order valence-corrected chi connectivity index (χ4v) is 3.34. The summed E-state index contributed by atoms with van der Waals surface area (Å²) in [4.78, 5) is 19.0. The smallest absolute Gasteiger partial charge is 0.411 e. The Kier molecular flexibility index (Phi) is 3.71. The number of rotatable bonds is 1. The molecule has 0 aromatic carbocycles. The predicted octanol–water partition coefficient (Wildman–Crippen LogP) is 3.95. The van der Waals surface area contributed by atoms with Gasteiger partial charge in [0.15, 0.2) is 0 Å². The van der Waals surface area contributed by atoms with Crippen molar-refractivity contribution in [2.24, 2.45) is 0 Å². The number of amides is 1. The molecule has 3 rings (SSSR count). The third-order valence-electron chi connectivity index (χ3n) is 4.22. The van der Waals surface area contributed by atoms with Gasteiger partial charge in [-0.05, 0) is 64.7 Å². The summed E-state index contributed by atoms with van der Waals surface area (Å²) in [5, 5.41) is 0. The first-order chi connectivity index (χ1) is 10.3. The van der Waals surface area contributed by atoms with Crippen molar-refractivity contribution in [3.63, 3.8) is 0 Å². The van der Waals surface area contributed by atoms with Gasteiger partial charge in [0.25, 0.3) is 0 Å². The highest BCUT2D eigenvalue weighted by molar-refractivity contribution is 5.74. The van der Waals surface area contributed by atoms with E-state index in [0.717, 1.165) is 30.7 Å². The van der Waals surface area contributed by atoms with Gasteiger partial charge in [0.2, 0.25) is 0 Å². The standard InChI is InChI=1S/C18H24N2O2/c1-12-6-5-7-16(19-12)13-10-14-8-9-15(11-13)20(14)17(21)22-18(2,3)4/h5-7,10,14-15H,8-9,11H2,1-4H3. The summed E-state index contributed by atoms with van der Waals surface area (Å²) in [6.07, 6.45) is 4.93. The van der Waals surface area contributed by atoms with Crippen LogP contribution in [-0.2, 0) is 4.74 Å². The van der Waals surface area contributed by atoms with E-state index in [4.69, 9.17) is 4.74 Å². The lowest BCUT2D eigenvalue weighted by molar-refractivity contribution is 0.0175. The van der Waals surface area contributed by atoms with Gasteiger partial charge in [-0.25, -0.2) is 4.79 Å². The number of hydrogen-bond donors (Lipinski definition) is 0. The van der Waals surface area contributed by atoms with Crippen molar-refractivity contribution in [3.8, 4) is 0 Å². The molecule has 2 bridgehead atoms. The molecule has 4 heteroatoms. The van der Waals surface area contributed by atoms with E-state index in [1.54, 1.807) is 0 Å². The van der Waals surface area contributed by atoms with E-state index in [-0.39, 0.29) is 18.2 Å². The van der Waals surface area contributed by atoms with Crippen molar-refractivity contribution in [1.82, 2.24) is 9.88 Å². The van der Waals surface area contributed by atoms with Gasteiger partial charge in [0.1, 0.15) is 5.60 Å². The zero-order chi connectivity index (χ0) is 15.9. The SMILES string of the molecule is Cc1cccc(C2=CC3CCC(C2)N3C(=O)OC(C)(C)C)n1. The second kappa shape index (κ2) is 5.41. The number of hydrogen-bond acceptors (Lipinski definition) is 3. The maximum absolute atomic E-state index is 12.4. The molecule has 1 amide bonds. The average molecular weight is 300 g/mol. The summed E-state index contributed by atoms with van der Waals surface area (Å²) in [7, 11) is 0. The van der Waals surface area contributed by atoms with Crippen molar-refractivity contribution in [1.29, 1.82) is 0 Å². The maximum atomic E-state index is 12.4. The van der Waals surface area contributed by atoms with Crippen molar-refractivity contribution in [2.45, 2.75) is 64.6 Å². The van der Waals surface area contributed by atoms with Crippen LogP contribution in [0.15, 0.2) is 24.3 Å². The summed E-state index contributed by atoms with van der Waals surface area (Å²) in [5.41, 5.74) is 2.88. The minimum absolute atomic E-state index is 0.144. The van der Waals surface area contributed by atoms with Crippen LogP contribution in [0.3, 0.4) is 0 Å². The topological polar surface area (TPSA) is 42.4 Å². The van der Waals surface area contributed by atoms with E-state index in [2.05, 4.69) is 17.1 Å². The predicted molar refractivity (Wildman–Crippen MR) is 86.5 cm³/mol. The summed E-state index contributed by atoms with van der Waals surface area (Å²) < 4.78 is 5.56. The van der Waals surface area contributed by atoms with Crippen LogP contribution in [0.25, 0.3) is 5.57 Å². The Morgan fingerprint density at radius 3 is 2.73 bits per heavy atom. The Morgan fingerprint density at radius 2 is 2.09 bits per heavy atom. The molecule has 0 aliphatic carbocycles. The highest BCUT2D eigenvalue weighted by atomic mass is 16.6. The van der Waals surface area contributed by atoms with Gasteiger partial charge in [-0.15, -0.1) is 0 Å². The molecule has 1 saturated heterocycles. The van der Waals surface area contributed by atoms with Crippen LogP contribution in [0, 0.1) is 6.92 Å². The molecule has 0 N–H and O–H groups in total. The molecular formula is C18H24N2O2. The van der Waals surface area contributed by atoms with Gasteiger partial charge in [-0.3, -0.25) is 9.88 Å². The quantitative estimate of drug-likeness (QED) is 0.788. The van der Waals surface area contributed by atoms with Crippen LogP contribution in [0.1, 0.15) is 51.4 Å². The molecule has 0 saturated carbocycles. The molecule has 0 radical (unpaired) electrons. The first kappa shape index (κ1) is 15.1. The number of carbonyl (C=O) groups is 1. The monoisotopic (exact) mass is 300 g/mol. The van der Waals surface area contributed by atoms with E-state index >= 15 is 0 Å². The molecule has 2 atom stereocenters. The lowest BCUT2D eigenvalue weighted by Gasteiger charge is -2.35. The van der Waals surface area contributed by atoms with Gasteiger partial charge in [0.05, 0.1) is 11.7 Å². The third-order valence-corrected chi connectivity index (χ3v) is 4.22. The minimum Gasteiger partial charge on any atom is -0.444 e. The van der Waals surface area contributed by atoms with Crippen molar-refractivity contribution in [2.75, 3.05) is 0 Å². The molecule has 118 valence electrons. The van der Waals surface area contributed by atoms with Gasteiger partial charge in [-0.1, -0.05) is 12.1 Å². The Hall–Kier alpha value is -1.84. The van der Waals surface area contributed by atoms with E-state index in [9.17, 15) is 4.79 Å². The molecular weight excluding hydrogens is 276 g/mol. The Bertz CT molecular complexity index is 616. The molecule has 2 unspecified atom stereocenters. The number of ether oxygens (including phenoxy) is 1. The van der Waals surface area contributed by atoms with Crippen molar-refractivity contribution in [3.05, 3.63) is 35.7 Å². The number of fused-ring (bicyclic) bond motifs is 2. The van der Waals surface area contributed by atoms with Crippen molar-refractivity contribution >= 4 is 11.7 Å². The second-order valence-electron chi connectivity index (χ2n) is 7.25. The number of pyridine rings is 1. The summed E-state index contributed by atoms with van der Waals surface area (Å²) in [6, 6.07) is 6.49. The Balaban J connectivity index is 1.82. The number of aromatic nitrogens is 1.